The summed E-state index contributed by atoms with van der Waals surface area (Å²) in [7, 11) is 5.51. The van der Waals surface area contributed by atoms with Crippen LogP contribution in [0.25, 0.3) is 6.08 Å². The topological polar surface area (TPSA) is 92.4 Å². The Morgan fingerprint density at radius 3 is 2.66 bits per heavy atom. The lowest BCUT2D eigenvalue weighted by Gasteiger charge is -2.13. The van der Waals surface area contributed by atoms with Crippen LogP contribution in [0.15, 0.2) is 60.8 Å². The second-order valence-electron chi connectivity index (χ2n) is 7.11. The van der Waals surface area contributed by atoms with Crippen LogP contribution in [-0.2, 0) is 11.3 Å². The maximum atomic E-state index is 12.4. The number of rotatable bonds is 9. The molecule has 8 heteroatoms. The zero-order valence-electron chi connectivity index (χ0n) is 18.3. The van der Waals surface area contributed by atoms with Crippen LogP contribution in [0.5, 0.6) is 11.5 Å². The summed E-state index contributed by atoms with van der Waals surface area (Å²) in [4.78, 5) is 14.5. The number of ether oxygens (including phenoxy) is 2. The molecule has 1 aromatic heterocycles. The number of carbonyl (C=O) groups excluding carboxylic acids is 1. The first kappa shape index (κ1) is 22.4. The molecule has 0 aliphatic rings. The van der Waals surface area contributed by atoms with Crippen molar-refractivity contribution < 1.29 is 14.3 Å². The summed E-state index contributed by atoms with van der Waals surface area (Å²) in [5.74, 6) is 1.28. The van der Waals surface area contributed by atoms with Gasteiger partial charge in [0.1, 0.15) is 11.9 Å². The Bertz CT molecular complexity index is 1130. The molecular weight excluding hydrogens is 406 g/mol. The fourth-order valence-electron chi connectivity index (χ4n) is 2.99. The molecule has 1 amide bonds. The van der Waals surface area contributed by atoms with Gasteiger partial charge in [0.15, 0.2) is 18.1 Å². The zero-order chi connectivity index (χ0) is 22.9. The first-order valence-electron chi connectivity index (χ1n) is 9.95. The van der Waals surface area contributed by atoms with Crippen molar-refractivity contribution in [2.24, 2.45) is 0 Å². The number of hydrogen-bond acceptors (Lipinski definition) is 6. The van der Waals surface area contributed by atoms with Crippen molar-refractivity contribution in [2.75, 3.05) is 38.0 Å². The number of nitriles is 1. The molecule has 0 saturated heterocycles. The molecule has 3 rings (SSSR count). The van der Waals surface area contributed by atoms with E-state index in [4.69, 9.17) is 14.7 Å². The molecule has 0 unspecified atom stereocenters. The van der Waals surface area contributed by atoms with Gasteiger partial charge in [-0.1, -0.05) is 18.2 Å². The number of carbonyl (C=O) groups is 1. The molecule has 3 aromatic rings. The predicted octanol–water partition coefficient (Wildman–Crippen LogP) is 3.56. The molecule has 0 bridgehead atoms. The van der Waals surface area contributed by atoms with Gasteiger partial charge in [-0.05, 0) is 41.5 Å². The van der Waals surface area contributed by atoms with Gasteiger partial charge in [-0.3, -0.25) is 4.79 Å². The molecule has 0 spiro atoms. The monoisotopic (exact) mass is 431 g/mol. The van der Waals surface area contributed by atoms with Crippen LogP contribution in [0, 0.1) is 11.3 Å². The molecule has 0 atom stereocenters. The van der Waals surface area contributed by atoms with Crippen molar-refractivity contribution >= 4 is 23.5 Å². The number of nitrogens with zero attached hydrogens (tertiary/aromatic N) is 4. The maximum Gasteiger partial charge on any atom is 0.249 e. The van der Waals surface area contributed by atoms with Crippen molar-refractivity contribution in [3.63, 3.8) is 0 Å². The fraction of sp³-hybridized carbons (Fsp3) is 0.208. The predicted molar refractivity (Wildman–Crippen MR) is 124 cm³/mol. The van der Waals surface area contributed by atoms with Crippen LogP contribution in [0.4, 0.5) is 11.5 Å². The average Bonchev–Trinajstić information content (AvgIpc) is 3.23. The molecule has 1 N–H and O–H groups in total. The lowest BCUT2D eigenvalue weighted by atomic mass is 10.2. The Balaban J connectivity index is 1.64. The van der Waals surface area contributed by atoms with E-state index in [-0.39, 0.29) is 12.5 Å². The molecule has 0 fully saturated rings. The summed E-state index contributed by atoms with van der Waals surface area (Å²) in [6.07, 6.45) is 4.76. The fourth-order valence-corrected chi connectivity index (χ4v) is 2.99. The van der Waals surface area contributed by atoms with Crippen molar-refractivity contribution in [1.82, 2.24) is 9.78 Å². The summed E-state index contributed by atoms with van der Waals surface area (Å²) in [5, 5.41) is 15.8. The Morgan fingerprint density at radius 2 is 1.97 bits per heavy atom. The number of nitrogens with one attached hydrogen (secondary N) is 1. The van der Waals surface area contributed by atoms with Crippen LogP contribution in [0.3, 0.4) is 0 Å². The standard InChI is InChI=1S/C24H25N5O3/c1-28(2)20-8-4-19(5-9-20)17-29-23(12-14-26-29)27-24(30)11-7-18-6-10-21(32-15-13-25)22(16-18)31-3/h4-12,14,16H,15,17H2,1-3H3,(H,27,30)/b11-7+. The molecule has 0 aliphatic heterocycles. The lowest BCUT2D eigenvalue weighted by molar-refractivity contribution is -0.111. The van der Waals surface area contributed by atoms with E-state index in [1.807, 2.05) is 49.3 Å². The lowest BCUT2D eigenvalue weighted by Crippen LogP contribution is -2.14. The molecule has 8 nitrogen and oxygen atoms in total. The highest BCUT2D eigenvalue weighted by atomic mass is 16.5. The summed E-state index contributed by atoms with van der Waals surface area (Å²) in [5.41, 5.74) is 2.96. The van der Waals surface area contributed by atoms with Crippen molar-refractivity contribution in [1.29, 1.82) is 5.26 Å². The van der Waals surface area contributed by atoms with E-state index < -0.39 is 0 Å². The first-order valence-corrected chi connectivity index (χ1v) is 9.95. The highest BCUT2D eigenvalue weighted by Gasteiger charge is 2.08. The minimum atomic E-state index is -0.279. The van der Waals surface area contributed by atoms with E-state index in [0.717, 1.165) is 16.8 Å². The molecule has 1 heterocycles. The van der Waals surface area contributed by atoms with E-state index in [1.165, 1.54) is 13.2 Å². The number of anilines is 2. The van der Waals surface area contributed by atoms with Crippen LogP contribution in [0.1, 0.15) is 11.1 Å². The maximum absolute atomic E-state index is 12.4. The second kappa shape index (κ2) is 10.7. The summed E-state index contributed by atoms with van der Waals surface area (Å²) in [6.45, 7) is 0.475. The van der Waals surface area contributed by atoms with Crippen LogP contribution in [-0.4, -0.2) is 43.5 Å². The van der Waals surface area contributed by atoms with Gasteiger partial charge in [0.25, 0.3) is 0 Å². The zero-order valence-corrected chi connectivity index (χ0v) is 18.3. The van der Waals surface area contributed by atoms with Crippen LogP contribution < -0.4 is 19.7 Å². The third-order valence-electron chi connectivity index (χ3n) is 4.66. The molecule has 0 saturated carbocycles. The minimum absolute atomic E-state index is 0.0680. The first-order chi connectivity index (χ1) is 15.5. The highest BCUT2D eigenvalue weighted by molar-refractivity contribution is 6.01. The van der Waals surface area contributed by atoms with Crippen molar-refractivity contribution in [3.8, 4) is 17.6 Å². The van der Waals surface area contributed by atoms with E-state index in [9.17, 15) is 4.79 Å². The highest BCUT2D eigenvalue weighted by Crippen LogP contribution is 2.28. The van der Waals surface area contributed by atoms with Crippen LogP contribution in [0.2, 0.25) is 0 Å². The minimum Gasteiger partial charge on any atom is -0.493 e. The third-order valence-corrected chi connectivity index (χ3v) is 4.66. The Kier molecular flexibility index (Phi) is 7.49. The number of benzene rings is 2. The van der Waals surface area contributed by atoms with E-state index in [1.54, 1.807) is 41.2 Å². The Labute approximate surface area is 187 Å². The van der Waals surface area contributed by atoms with Gasteiger partial charge in [0.2, 0.25) is 5.91 Å². The number of aromatic nitrogens is 2. The van der Waals surface area contributed by atoms with E-state index >= 15 is 0 Å². The van der Waals surface area contributed by atoms with Gasteiger partial charge >= 0.3 is 0 Å². The van der Waals surface area contributed by atoms with Crippen molar-refractivity contribution in [2.45, 2.75) is 6.54 Å². The van der Waals surface area contributed by atoms with Crippen molar-refractivity contribution in [3.05, 3.63) is 71.9 Å². The second-order valence-corrected chi connectivity index (χ2v) is 7.11. The van der Waals surface area contributed by atoms with Gasteiger partial charge in [-0.15, -0.1) is 0 Å². The Hall–Kier alpha value is -4.25. The van der Waals surface area contributed by atoms with E-state index in [0.29, 0.717) is 23.9 Å². The third kappa shape index (κ3) is 5.89. The molecule has 164 valence electrons. The van der Waals surface area contributed by atoms with Gasteiger partial charge in [-0.2, -0.15) is 10.4 Å². The number of hydrogen-bond donors (Lipinski definition) is 1. The Morgan fingerprint density at radius 1 is 1.19 bits per heavy atom. The van der Waals surface area contributed by atoms with Crippen LogP contribution >= 0.6 is 0 Å². The number of amides is 1. The average molecular weight is 431 g/mol. The number of methoxy groups -OCH3 is 1. The molecule has 2 aromatic carbocycles. The SMILES string of the molecule is COc1cc(/C=C/C(=O)Nc2ccnn2Cc2ccc(N(C)C)cc2)ccc1OCC#N. The smallest absolute Gasteiger partial charge is 0.249 e. The summed E-state index contributed by atoms with van der Waals surface area (Å²) >= 11 is 0. The summed E-state index contributed by atoms with van der Waals surface area (Å²) in [6, 6.07) is 17.1. The molecule has 0 aliphatic carbocycles. The van der Waals surface area contributed by atoms with E-state index in [2.05, 4.69) is 10.4 Å². The largest absolute Gasteiger partial charge is 0.493 e. The van der Waals surface area contributed by atoms with Gasteiger partial charge in [-0.25, -0.2) is 4.68 Å². The van der Waals surface area contributed by atoms with Gasteiger partial charge in [0, 0.05) is 31.9 Å². The normalized spacial score (nSPS) is 10.6. The molecular formula is C24H25N5O3. The quantitative estimate of drug-likeness (QED) is 0.521. The van der Waals surface area contributed by atoms with Gasteiger partial charge in [0.05, 0.1) is 19.9 Å². The molecule has 0 radical (unpaired) electrons. The summed E-state index contributed by atoms with van der Waals surface area (Å²) < 4.78 is 12.3. The van der Waals surface area contributed by atoms with Gasteiger partial charge < -0.3 is 19.7 Å². The molecule has 32 heavy (non-hydrogen) atoms.